The van der Waals surface area contributed by atoms with Crippen molar-refractivity contribution in [3.05, 3.63) is 29.8 Å². The van der Waals surface area contributed by atoms with Crippen molar-refractivity contribution in [2.24, 2.45) is 0 Å². The number of para-hydroxylation sites is 1. The van der Waals surface area contributed by atoms with Crippen molar-refractivity contribution < 1.29 is 13.2 Å². The Morgan fingerprint density at radius 3 is 2.55 bits per heavy atom. The van der Waals surface area contributed by atoms with Gasteiger partial charge in [-0.1, -0.05) is 24.6 Å². The number of benzene rings is 1. The number of ether oxygens (including phenoxy) is 1. The Balaban J connectivity index is 2.24. The third-order valence-electron chi connectivity index (χ3n) is 4.06. The van der Waals surface area contributed by atoms with Gasteiger partial charge in [-0.25, -0.2) is 9.44 Å². The summed E-state index contributed by atoms with van der Waals surface area (Å²) in [6.45, 7) is 2.28. The van der Waals surface area contributed by atoms with E-state index in [4.69, 9.17) is 4.74 Å². The fourth-order valence-corrected chi connectivity index (χ4v) is 3.39. The minimum atomic E-state index is -3.45. The second-order valence-electron chi connectivity index (χ2n) is 5.41. The molecule has 0 saturated carbocycles. The van der Waals surface area contributed by atoms with Gasteiger partial charge in [0.15, 0.2) is 0 Å². The highest BCUT2D eigenvalue weighted by Gasteiger charge is 2.25. The molecule has 1 aromatic rings. The Hall–Kier alpha value is -1.15. The smallest absolute Gasteiger partial charge is 0.276 e. The summed E-state index contributed by atoms with van der Waals surface area (Å²) >= 11 is 0. The van der Waals surface area contributed by atoms with E-state index in [2.05, 4.69) is 14.3 Å². The molecule has 1 aromatic carbocycles. The van der Waals surface area contributed by atoms with Gasteiger partial charge in [0.2, 0.25) is 0 Å². The van der Waals surface area contributed by atoms with E-state index in [0.29, 0.717) is 6.54 Å². The lowest BCUT2D eigenvalue weighted by Gasteiger charge is -2.35. The number of methoxy groups -OCH3 is 1. The van der Waals surface area contributed by atoms with Crippen LogP contribution in [-0.2, 0) is 10.2 Å². The Morgan fingerprint density at radius 1 is 1.23 bits per heavy atom. The second kappa shape index (κ2) is 7.92. The van der Waals surface area contributed by atoms with Crippen LogP contribution in [0.4, 0.5) is 0 Å². The van der Waals surface area contributed by atoms with Gasteiger partial charge in [0.05, 0.1) is 13.2 Å². The Bertz CT molecular complexity index is 571. The molecular formula is C15H25N3O3S. The van der Waals surface area contributed by atoms with Gasteiger partial charge in [0.25, 0.3) is 10.2 Å². The van der Waals surface area contributed by atoms with Gasteiger partial charge in [-0.05, 0) is 32.0 Å². The molecule has 6 nitrogen and oxygen atoms in total. The van der Waals surface area contributed by atoms with Crippen LogP contribution in [0.3, 0.4) is 0 Å². The summed E-state index contributed by atoms with van der Waals surface area (Å²) in [5.41, 5.74) is 1.02. The largest absolute Gasteiger partial charge is 0.496 e. The number of piperidine rings is 1. The van der Waals surface area contributed by atoms with Crippen LogP contribution in [0.1, 0.15) is 30.9 Å². The summed E-state index contributed by atoms with van der Waals surface area (Å²) in [5, 5.41) is 0. The van der Waals surface area contributed by atoms with Crippen LogP contribution in [-0.4, -0.2) is 47.1 Å². The van der Waals surface area contributed by atoms with Crippen molar-refractivity contribution in [2.45, 2.75) is 25.3 Å². The first-order valence-electron chi connectivity index (χ1n) is 7.62. The molecule has 0 radical (unpaired) electrons. The zero-order chi connectivity index (χ0) is 16.0. The predicted octanol–water partition coefficient (Wildman–Crippen LogP) is 1.28. The number of rotatable bonds is 7. The van der Waals surface area contributed by atoms with Gasteiger partial charge in [0.1, 0.15) is 5.75 Å². The fourth-order valence-electron chi connectivity index (χ4n) is 2.87. The molecule has 1 heterocycles. The summed E-state index contributed by atoms with van der Waals surface area (Å²) in [6, 6.07) is 7.78. The van der Waals surface area contributed by atoms with E-state index in [1.165, 1.54) is 13.5 Å². The highest BCUT2D eigenvalue weighted by Crippen LogP contribution is 2.30. The zero-order valence-corrected chi connectivity index (χ0v) is 14.0. The van der Waals surface area contributed by atoms with Crippen molar-refractivity contribution in [3.8, 4) is 5.75 Å². The highest BCUT2D eigenvalue weighted by atomic mass is 32.2. The minimum absolute atomic E-state index is 0.0282. The molecule has 1 saturated heterocycles. The van der Waals surface area contributed by atoms with Gasteiger partial charge in [-0.3, -0.25) is 4.90 Å². The maximum Gasteiger partial charge on any atom is 0.276 e. The number of likely N-dealkylation sites (tertiary alicyclic amines) is 1. The van der Waals surface area contributed by atoms with E-state index in [1.54, 1.807) is 7.11 Å². The molecule has 0 aliphatic carbocycles. The lowest BCUT2D eigenvalue weighted by Crippen LogP contribution is -2.43. The van der Waals surface area contributed by atoms with Crippen LogP contribution in [0.2, 0.25) is 0 Å². The van der Waals surface area contributed by atoms with Crippen LogP contribution < -0.4 is 14.2 Å². The van der Waals surface area contributed by atoms with Gasteiger partial charge < -0.3 is 4.74 Å². The predicted molar refractivity (Wildman–Crippen MR) is 87.1 cm³/mol. The lowest BCUT2D eigenvalue weighted by atomic mass is 10.0. The fraction of sp³-hybridized carbons (Fsp3) is 0.600. The molecular weight excluding hydrogens is 302 g/mol. The van der Waals surface area contributed by atoms with E-state index in [9.17, 15) is 8.42 Å². The van der Waals surface area contributed by atoms with E-state index in [0.717, 1.165) is 37.2 Å². The number of hydrogen-bond acceptors (Lipinski definition) is 4. The normalized spacial score (nSPS) is 18.1. The number of nitrogens with zero attached hydrogens (tertiary/aromatic N) is 1. The van der Waals surface area contributed by atoms with Gasteiger partial charge in [-0.2, -0.15) is 8.42 Å². The molecule has 7 heteroatoms. The summed E-state index contributed by atoms with van der Waals surface area (Å²) < 4.78 is 33.8. The number of hydrogen-bond donors (Lipinski definition) is 2. The molecule has 0 spiro atoms. The molecule has 1 atom stereocenters. The van der Waals surface area contributed by atoms with Gasteiger partial charge >= 0.3 is 0 Å². The first kappa shape index (κ1) is 17.2. The molecule has 0 aromatic heterocycles. The molecule has 2 N–H and O–H groups in total. The van der Waals surface area contributed by atoms with Crippen molar-refractivity contribution >= 4 is 10.2 Å². The van der Waals surface area contributed by atoms with Crippen molar-refractivity contribution in [2.75, 3.05) is 33.8 Å². The highest BCUT2D eigenvalue weighted by molar-refractivity contribution is 7.87. The quantitative estimate of drug-likeness (QED) is 0.791. The maximum atomic E-state index is 11.7. The maximum absolute atomic E-state index is 11.7. The van der Waals surface area contributed by atoms with E-state index >= 15 is 0 Å². The van der Waals surface area contributed by atoms with Crippen molar-refractivity contribution in [1.82, 2.24) is 14.3 Å². The topological polar surface area (TPSA) is 70.7 Å². The monoisotopic (exact) mass is 327 g/mol. The zero-order valence-electron chi connectivity index (χ0n) is 13.2. The average molecular weight is 327 g/mol. The summed E-state index contributed by atoms with van der Waals surface area (Å²) in [5.74, 6) is 0.793. The lowest BCUT2D eigenvalue weighted by molar-refractivity contribution is 0.162. The molecule has 124 valence electrons. The standard InChI is InChI=1S/C15H25N3O3S/c1-16-22(19,20)17-12-14(18-10-6-3-7-11-18)13-8-4-5-9-15(13)21-2/h4-5,8-9,14,16-17H,3,6-7,10-12H2,1-2H3. The third kappa shape index (κ3) is 4.42. The molecule has 0 amide bonds. The summed E-state index contributed by atoms with van der Waals surface area (Å²) in [4.78, 5) is 2.33. The second-order valence-corrected chi connectivity index (χ2v) is 7.11. The summed E-state index contributed by atoms with van der Waals surface area (Å²) in [6.07, 6.45) is 3.52. The SMILES string of the molecule is CNS(=O)(=O)NCC(c1ccccc1OC)N1CCCCC1. The average Bonchev–Trinajstić information content (AvgIpc) is 2.56. The van der Waals surface area contributed by atoms with E-state index in [-0.39, 0.29) is 6.04 Å². The first-order valence-corrected chi connectivity index (χ1v) is 9.11. The molecule has 1 aliphatic rings. The van der Waals surface area contributed by atoms with Crippen LogP contribution in [0.25, 0.3) is 0 Å². The van der Waals surface area contributed by atoms with Gasteiger partial charge in [0, 0.05) is 19.2 Å². The van der Waals surface area contributed by atoms with Crippen LogP contribution in [0.5, 0.6) is 5.75 Å². The summed E-state index contributed by atoms with van der Waals surface area (Å²) in [7, 11) is -0.401. The van der Waals surface area contributed by atoms with E-state index < -0.39 is 10.2 Å². The van der Waals surface area contributed by atoms with Crippen LogP contribution in [0.15, 0.2) is 24.3 Å². The Labute approximate surface area is 133 Å². The Morgan fingerprint density at radius 2 is 1.91 bits per heavy atom. The number of nitrogens with one attached hydrogen (secondary N) is 2. The van der Waals surface area contributed by atoms with Gasteiger partial charge in [-0.15, -0.1) is 0 Å². The molecule has 1 unspecified atom stereocenters. The minimum Gasteiger partial charge on any atom is -0.496 e. The third-order valence-corrected chi connectivity index (χ3v) is 5.15. The van der Waals surface area contributed by atoms with E-state index in [1.807, 2.05) is 24.3 Å². The first-order chi connectivity index (χ1) is 10.6. The van der Waals surface area contributed by atoms with Crippen LogP contribution in [0, 0.1) is 0 Å². The van der Waals surface area contributed by atoms with Crippen molar-refractivity contribution in [1.29, 1.82) is 0 Å². The molecule has 0 bridgehead atoms. The Kier molecular flexibility index (Phi) is 6.19. The van der Waals surface area contributed by atoms with Crippen molar-refractivity contribution in [3.63, 3.8) is 0 Å². The molecule has 22 heavy (non-hydrogen) atoms. The molecule has 2 rings (SSSR count). The molecule has 1 fully saturated rings. The van der Waals surface area contributed by atoms with Crippen LogP contribution >= 0.6 is 0 Å². The molecule has 1 aliphatic heterocycles.